The molecular formula is C16H23NO3. The number of carbonyl (C=O) groups is 1. The number of hydrogen-bond donors (Lipinski definition) is 2. The van der Waals surface area contributed by atoms with Crippen molar-refractivity contribution in [1.82, 2.24) is 0 Å². The van der Waals surface area contributed by atoms with Gasteiger partial charge in [-0.25, -0.2) is 0 Å². The van der Waals surface area contributed by atoms with Crippen molar-refractivity contribution in [3.8, 4) is 5.75 Å². The lowest BCUT2D eigenvalue weighted by atomic mass is 9.86. The minimum absolute atomic E-state index is 0.0220. The van der Waals surface area contributed by atoms with Crippen molar-refractivity contribution in [2.75, 3.05) is 18.5 Å². The summed E-state index contributed by atoms with van der Waals surface area (Å²) in [4.78, 5) is 12.2. The van der Waals surface area contributed by atoms with Crippen LogP contribution in [0.3, 0.4) is 0 Å². The van der Waals surface area contributed by atoms with Gasteiger partial charge in [0.05, 0.1) is 5.69 Å². The van der Waals surface area contributed by atoms with Crippen LogP contribution in [0.2, 0.25) is 0 Å². The van der Waals surface area contributed by atoms with Crippen LogP contribution >= 0.6 is 0 Å². The van der Waals surface area contributed by atoms with Crippen molar-refractivity contribution in [3.05, 3.63) is 23.8 Å². The molecule has 0 saturated carbocycles. The summed E-state index contributed by atoms with van der Waals surface area (Å²) >= 11 is 0. The second-order valence-electron chi connectivity index (χ2n) is 6.36. The SMILES string of the molecule is CC(C)(C)c1ccc(O)c(NC(=O)C2CCOCC2)c1. The van der Waals surface area contributed by atoms with E-state index < -0.39 is 0 Å². The number of phenols is 1. The number of nitrogens with one attached hydrogen (secondary N) is 1. The van der Waals surface area contributed by atoms with Crippen molar-refractivity contribution in [3.63, 3.8) is 0 Å². The maximum Gasteiger partial charge on any atom is 0.227 e. The topological polar surface area (TPSA) is 58.6 Å². The Labute approximate surface area is 120 Å². The molecule has 1 saturated heterocycles. The molecule has 0 atom stereocenters. The minimum atomic E-state index is -0.0327. The smallest absolute Gasteiger partial charge is 0.227 e. The third-order valence-corrected chi connectivity index (χ3v) is 3.71. The van der Waals surface area contributed by atoms with Gasteiger partial charge in [0.25, 0.3) is 0 Å². The molecule has 0 bridgehead atoms. The molecule has 1 aliphatic heterocycles. The summed E-state index contributed by atoms with van der Waals surface area (Å²) in [5.74, 6) is 0.0505. The molecule has 0 spiro atoms. The Hall–Kier alpha value is -1.55. The van der Waals surface area contributed by atoms with E-state index in [0.29, 0.717) is 18.9 Å². The van der Waals surface area contributed by atoms with E-state index in [4.69, 9.17) is 4.74 Å². The van der Waals surface area contributed by atoms with Crippen LogP contribution < -0.4 is 5.32 Å². The highest BCUT2D eigenvalue weighted by molar-refractivity contribution is 5.94. The number of benzene rings is 1. The lowest BCUT2D eigenvalue weighted by Crippen LogP contribution is -2.28. The summed E-state index contributed by atoms with van der Waals surface area (Å²) in [7, 11) is 0. The first-order valence-electron chi connectivity index (χ1n) is 7.10. The van der Waals surface area contributed by atoms with Crippen molar-refractivity contribution >= 4 is 11.6 Å². The zero-order valence-electron chi connectivity index (χ0n) is 12.4. The van der Waals surface area contributed by atoms with E-state index in [1.165, 1.54) is 0 Å². The Morgan fingerprint density at radius 1 is 1.30 bits per heavy atom. The molecule has 4 heteroatoms. The third kappa shape index (κ3) is 3.51. The fraction of sp³-hybridized carbons (Fsp3) is 0.562. The molecule has 1 amide bonds. The molecule has 1 aromatic carbocycles. The number of anilines is 1. The van der Waals surface area contributed by atoms with Gasteiger partial charge in [0.1, 0.15) is 5.75 Å². The summed E-state index contributed by atoms with van der Waals surface area (Å²) < 4.78 is 5.26. The maximum absolute atomic E-state index is 12.2. The molecule has 20 heavy (non-hydrogen) atoms. The number of phenolic OH excluding ortho intramolecular Hbond substituents is 1. The Balaban J connectivity index is 2.13. The Kier molecular flexibility index (Phi) is 4.33. The van der Waals surface area contributed by atoms with E-state index in [9.17, 15) is 9.90 Å². The van der Waals surface area contributed by atoms with Crippen molar-refractivity contribution in [2.24, 2.45) is 5.92 Å². The second kappa shape index (κ2) is 5.83. The van der Waals surface area contributed by atoms with Crippen LogP contribution in [0, 0.1) is 5.92 Å². The third-order valence-electron chi connectivity index (χ3n) is 3.71. The summed E-state index contributed by atoms with van der Waals surface area (Å²) in [5.41, 5.74) is 1.55. The molecule has 0 aliphatic carbocycles. The molecule has 0 radical (unpaired) electrons. The van der Waals surface area contributed by atoms with E-state index in [0.717, 1.165) is 18.4 Å². The molecule has 1 heterocycles. The molecule has 1 fully saturated rings. The van der Waals surface area contributed by atoms with Gasteiger partial charge < -0.3 is 15.2 Å². The Bertz CT molecular complexity index is 485. The lowest BCUT2D eigenvalue weighted by molar-refractivity contribution is -0.122. The van der Waals surface area contributed by atoms with E-state index in [1.54, 1.807) is 6.07 Å². The average Bonchev–Trinajstić information content (AvgIpc) is 2.41. The van der Waals surface area contributed by atoms with Gasteiger partial charge in [0.15, 0.2) is 0 Å². The summed E-state index contributed by atoms with van der Waals surface area (Å²) in [5, 5.41) is 12.8. The second-order valence-corrected chi connectivity index (χ2v) is 6.36. The van der Waals surface area contributed by atoms with Gasteiger partial charge in [0.2, 0.25) is 5.91 Å². The van der Waals surface area contributed by atoms with Crippen molar-refractivity contribution in [1.29, 1.82) is 0 Å². The van der Waals surface area contributed by atoms with Crippen LogP contribution in [0.25, 0.3) is 0 Å². The molecule has 0 aromatic heterocycles. The van der Waals surface area contributed by atoms with Gasteiger partial charge in [-0.2, -0.15) is 0 Å². The first-order valence-corrected chi connectivity index (χ1v) is 7.10. The van der Waals surface area contributed by atoms with Gasteiger partial charge in [0, 0.05) is 19.1 Å². The van der Waals surface area contributed by atoms with Crippen LogP contribution in [0.15, 0.2) is 18.2 Å². The number of amides is 1. The number of hydrogen-bond acceptors (Lipinski definition) is 3. The van der Waals surface area contributed by atoms with E-state index in [2.05, 4.69) is 26.1 Å². The van der Waals surface area contributed by atoms with Gasteiger partial charge >= 0.3 is 0 Å². The summed E-state index contributed by atoms with van der Waals surface area (Å²) in [6.45, 7) is 7.56. The van der Waals surface area contributed by atoms with Crippen molar-refractivity contribution < 1.29 is 14.6 Å². The molecular weight excluding hydrogens is 254 g/mol. The number of carbonyl (C=O) groups excluding carboxylic acids is 1. The molecule has 1 aliphatic rings. The van der Waals surface area contributed by atoms with E-state index >= 15 is 0 Å². The van der Waals surface area contributed by atoms with Gasteiger partial charge in [-0.05, 0) is 36.0 Å². The molecule has 2 N–H and O–H groups in total. The Morgan fingerprint density at radius 3 is 2.55 bits per heavy atom. The largest absolute Gasteiger partial charge is 0.506 e. The minimum Gasteiger partial charge on any atom is -0.506 e. The van der Waals surface area contributed by atoms with Gasteiger partial charge in [-0.3, -0.25) is 4.79 Å². The number of rotatable bonds is 2. The number of aromatic hydroxyl groups is 1. The van der Waals surface area contributed by atoms with E-state index in [-0.39, 0.29) is 23.0 Å². The predicted octanol–water partition coefficient (Wildman–Crippen LogP) is 3.05. The summed E-state index contributed by atoms with van der Waals surface area (Å²) in [6, 6.07) is 5.38. The highest BCUT2D eigenvalue weighted by Crippen LogP contribution is 2.31. The highest BCUT2D eigenvalue weighted by Gasteiger charge is 2.23. The maximum atomic E-state index is 12.2. The summed E-state index contributed by atoms with van der Waals surface area (Å²) in [6.07, 6.45) is 1.48. The number of ether oxygens (including phenoxy) is 1. The van der Waals surface area contributed by atoms with Gasteiger partial charge in [-0.15, -0.1) is 0 Å². The zero-order valence-corrected chi connectivity index (χ0v) is 12.4. The van der Waals surface area contributed by atoms with Crippen LogP contribution in [-0.2, 0) is 14.9 Å². The molecule has 1 aromatic rings. The normalized spacial score (nSPS) is 16.9. The Morgan fingerprint density at radius 2 is 1.95 bits per heavy atom. The molecule has 4 nitrogen and oxygen atoms in total. The van der Waals surface area contributed by atoms with Gasteiger partial charge in [-0.1, -0.05) is 26.8 Å². The standard InChI is InChI=1S/C16H23NO3/c1-16(2,3)12-4-5-14(18)13(10-12)17-15(19)11-6-8-20-9-7-11/h4-5,10-11,18H,6-9H2,1-3H3,(H,17,19). The fourth-order valence-electron chi connectivity index (χ4n) is 2.30. The fourth-order valence-corrected chi connectivity index (χ4v) is 2.30. The average molecular weight is 277 g/mol. The monoisotopic (exact) mass is 277 g/mol. The quantitative estimate of drug-likeness (QED) is 0.817. The highest BCUT2D eigenvalue weighted by atomic mass is 16.5. The first kappa shape index (κ1) is 14.9. The van der Waals surface area contributed by atoms with Crippen LogP contribution in [0.5, 0.6) is 5.75 Å². The van der Waals surface area contributed by atoms with Crippen LogP contribution in [0.4, 0.5) is 5.69 Å². The zero-order chi connectivity index (χ0) is 14.8. The van der Waals surface area contributed by atoms with Crippen LogP contribution in [0.1, 0.15) is 39.2 Å². The van der Waals surface area contributed by atoms with Crippen LogP contribution in [-0.4, -0.2) is 24.2 Å². The van der Waals surface area contributed by atoms with Crippen molar-refractivity contribution in [2.45, 2.75) is 39.0 Å². The van der Waals surface area contributed by atoms with E-state index in [1.807, 2.05) is 12.1 Å². The lowest BCUT2D eigenvalue weighted by Gasteiger charge is -2.23. The molecule has 0 unspecified atom stereocenters. The first-order chi connectivity index (χ1) is 9.38. The molecule has 110 valence electrons. The predicted molar refractivity (Wildman–Crippen MR) is 79.0 cm³/mol. The molecule has 2 rings (SSSR count).